The fraction of sp³-hybridized carbons (Fsp3) is 0.887. The molecule has 8 aliphatic rings. The van der Waals surface area contributed by atoms with Gasteiger partial charge in [-0.15, -0.1) is 0 Å². The normalized spacial score (nSPS) is 52.8. The van der Waals surface area contributed by atoms with Crippen LogP contribution in [-0.4, -0.2) is 215 Å². The van der Waals surface area contributed by atoms with E-state index in [1.165, 1.54) is 6.92 Å². The Labute approximate surface area is 437 Å². The molecule has 3 saturated heterocycles. The summed E-state index contributed by atoms with van der Waals surface area (Å²) in [5, 5.41) is 145. The van der Waals surface area contributed by atoms with Gasteiger partial charge in [-0.2, -0.15) is 0 Å². The van der Waals surface area contributed by atoms with E-state index in [0.717, 1.165) is 5.57 Å². The lowest BCUT2D eigenvalue weighted by Crippen LogP contribution is -2.72. The smallest absolute Gasteiger partial charge is 0.335 e. The van der Waals surface area contributed by atoms with Crippen molar-refractivity contribution >= 4 is 11.9 Å². The van der Waals surface area contributed by atoms with E-state index < -0.39 is 187 Å². The molecule has 0 radical (unpaired) electrons. The Morgan fingerprint density at radius 2 is 1.35 bits per heavy atom. The number of hydrogen-bond donors (Lipinski definition) is 13. The van der Waals surface area contributed by atoms with Crippen molar-refractivity contribution in [2.45, 2.75) is 224 Å². The van der Waals surface area contributed by atoms with Crippen molar-refractivity contribution in [2.75, 3.05) is 19.8 Å². The van der Waals surface area contributed by atoms with Crippen molar-refractivity contribution in [1.82, 2.24) is 0 Å². The second-order valence-electron chi connectivity index (χ2n) is 24.9. The summed E-state index contributed by atoms with van der Waals surface area (Å²) >= 11 is 0. The summed E-state index contributed by atoms with van der Waals surface area (Å²) in [7, 11) is 0. The summed E-state index contributed by atoms with van der Waals surface area (Å²) in [5.41, 5.74) is -3.50. The van der Waals surface area contributed by atoms with E-state index in [0.29, 0.717) is 37.7 Å². The number of hydrogen-bond acceptors (Lipinski definition) is 21. The van der Waals surface area contributed by atoms with Gasteiger partial charge in [-0.1, -0.05) is 59.3 Å². The maximum absolute atomic E-state index is 13.2. The van der Waals surface area contributed by atoms with E-state index >= 15 is 0 Å². The summed E-state index contributed by atoms with van der Waals surface area (Å²) < 4.78 is 42.5. The average Bonchev–Trinajstić information content (AvgIpc) is 3.36. The van der Waals surface area contributed by atoms with Gasteiger partial charge in [0.1, 0.15) is 73.2 Å². The number of allylic oxidation sites excluding steroid dienone is 3. The Kier molecular flexibility index (Phi) is 16.5. The number of aliphatic hydroxyl groups is 12. The van der Waals surface area contributed by atoms with Crippen LogP contribution in [-0.2, 0) is 42.7 Å². The van der Waals surface area contributed by atoms with Crippen LogP contribution in [0.5, 0.6) is 0 Å². The minimum atomic E-state index is -2.16. The molecule has 3 aliphatic heterocycles. The van der Waals surface area contributed by atoms with E-state index in [9.17, 15) is 76.0 Å². The van der Waals surface area contributed by atoms with Crippen molar-refractivity contribution in [3.63, 3.8) is 0 Å². The van der Waals surface area contributed by atoms with Crippen molar-refractivity contribution in [3.8, 4) is 0 Å². The zero-order chi connectivity index (χ0) is 55.4. The van der Waals surface area contributed by atoms with Gasteiger partial charge in [0.15, 0.2) is 25.0 Å². The molecular formula is C53H84O22. The van der Waals surface area contributed by atoms with Gasteiger partial charge in [0.25, 0.3) is 0 Å². The predicted octanol–water partition coefficient (Wildman–Crippen LogP) is -0.864. The van der Waals surface area contributed by atoms with Gasteiger partial charge >= 0.3 is 11.9 Å². The van der Waals surface area contributed by atoms with Crippen LogP contribution in [0.25, 0.3) is 0 Å². The molecule has 7 fully saturated rings. The molecular weight excluding hydrogens is 989 g/mol. The van der Waals surface area contributed by atoms with E-state index in [1.54, 1.807) is 19.9 Å². The summed E-state index contributed by atoms with van der Waals surface area (Å²) in [6.07, 6.45) is -24.9. The molecule has 4 saturated carbocycles. The SMILES string of the molecule is C/C=C(/C)C(=O)O[C@H]1[C@H](O)[C@]2(CO)[C@H](O)C[C@]3(C)C(=CC[C@@H]4[C@@]5(C)CC[C@H](O[C@@H]6O[C@H](C(=O)O)[C@@H](O)[C@H](O[C@@H]7O[C@H](CO)[C@@H](O)[C@H](O)[C@H]7O)[C@H]6O[C@@H]6O[C@@H](C)[C@H](O)[C@@H](O)[C@H]6O)[C@](C)(CO)[C@@H]5CC[C@]43C)[C@@H]2CC1(C)C. The minimum Gasteiger partial charge on any atom is -0.479 e. The van der Waals surface area contributed by atoms with Gasteiger partial charge in [-0.25, -0.2) is 9.59 Å². The topological polar surface area (TPSA) is 362 Å². The Morgan fingerprint density at radius 1 is 0.720 bits per heavy atom. The highest BCUT2D eigenvalue weighted by Crippen LogP contribution is 2.76. The van der Waals surface area contributed by atoms with Gasteiger partial charge in [0.05, 0.1) is 43.5 Å². The molecule has 3 heterocycles. The lowest BCUT2D eigenvalue weighted by atomic mass is 9.33. The Bertz CT molecular complexity index is 2160. The number of aliphatic hydroxyl groups excluding tert-OH is 12. The molecule has 22 nitrogen and oxygen atoms in total. The fourth-order valence-corrected chi connectivity index (χ4v) is 15.9. The maximum atomic E-state index is 13.2. The lowest BCUT2D eigenvalue weighted by Gasteiger charge is -2.72. The molecule has 0 aromatic heterocycles. The zero-order valence-corrected chi connectivity index (χ0v) is 44.4. The molecule has 0 aromatic carbocycles. The molecule has 0 aromatic rings. The van der Waals surface area contributed by atoms with Crippen LogP contribution < -0.4 is 0 Å². The van der Waals surface area contributed by atoms with Crippen LogP contribution in [0.1, 0.15) is 107 Å². The van der Waals surface area contributed by atoms with Crippen molar-refractivity contribution in [2.24, 2.45) is 50.2 Å². The number of carbonyl (C=O) groups is 2. The minimum absolute atomic E-state index is 0.0456. The number of carboxylic acid groups (broad SMARTS) is 1. The van der Waals surface area contributed by atoms with Gasteiger partial charge in [-0.05, 0) is 99.7 Å². The van der Waals surface area contributed by atoms with Gasteiger partial charge < -0.3 is 99.5 Å². The number of esters is 1. The summed E-state index contributed by atoms with van der Waals surface area (Å²) in [5.74, 6) is -3.05. The first-order valence-corrected chi connectivity index (χ1v) is 26.6. The Morgan fingerprint density at radius 3 is 1.95 bits per heavy atom. The molecule has 75 heavy (non-hydrogen) atoms. The first kappa shape index (κ1) is 58.8. The average molecular weight is 1070 g/mol. The number of fused-ring (bicyclic) bond motifs is 7. The first-order valence-electron chi connectivity index (χ1n) is 26.6. The maximum Gasteiger partial charge on any atom is 0.335 e. The number of aliphatic carboxylic acids is 1. The molecule has 0 amide bonds. The Hall–Kier alpha value is -2.30. The Balaban J connectivity index is 1.12. The van der Waals surface area contributed by atoms with E-state index in [2.05, 4.69) is 26.8 Å². The van der Waals surface area contributed by atoms with Crippen LogP contribution in [0, 0.1) is 50.2 Å². The highest BCUT2D eigenvalue weighted by Gasteiger charge is 2.73. The third kappa shape index (κ3) is 9.10. The number of ether oxygens (including phenoxy) is 7. The quantitative estimate of drug-likeness (QED) is 0.0489. The highest BCUT2D eigenvalue weighted by molar-refractivity contribution is 5.87. The van der Waals surface area contributed by atoms with Gasteiger partial charge in [0.2, 0.25) is 0 Å². The van der Waals surface area contributed by atoms with Crippen LogP contribution >= 0.6 is 0 Å². The number of rotatable bonds is 12. The van der Waals surface area contributed by atoms with Crippen molar-refractivity contribution < 1.29 is 109 Å². The van der Waals surface area contributed by atoms with E-state index in [-0.39, 0.29) is 24.7 Å². The van der Waals surface area contributed by atoms with Crippen LogP contribution in [0.2, 0.25) is 0 Å². The summed E-state index contributed by atoms with van der Waals surface area (Å²) in [6, 6.07) is 0. The molecule has 8 rings (SSSR count). The molecule has 0 bridgehead atoms. The summed E-state index contributed by atoms with van der Waals surface area (Å²) in [4.78, 5) is 26.0. The van der Waals surface area contributed by atoms with Crippen molar-refractivity contribution in [1.29, 1.82) is 0 Å². The molecule has 428 valence electrons. The fourth-order valence-electron chi connectivity index (χ4n) is 15.9. The molecule has 22 heteroatoms. The van der Waals surface area contributed by atoms with Crippen molar-refractivity contribution in [3.05, 3.63) is 23.3 Å². The molecule has 27 atom stereocenters. The second kappa shape index (κ2) is 21.0. The van der Waals surface area contributed by atoms with Crippen LogP contribution in [0.3, 0.4) is 0 Å². The van der Waals surface area contributed by atoms with Crippen LogP contribution in [0.4, 0.5) is 0 Å². The zero-order valence-electron chi connectivity index (χ0n) is 44.4. The van der Waals surface area contributed by atoms with E-state index in [4.69, 9.17) is 33.2 Å². The predicted molar refractivity (Wildman–Crippen MR) is 258 cm³/mol. The highest BCUT2D eigenvalue weighted by atomic mass is 16.8. The molecule has 0 unspecified atom stereocenters. The second-order valence-corrected chi connectivity index (χ2v) is 24.9. The molecule has 0 spiro atoms. The van der Waals surface area contributed by atoms with Gasteiger partial charge in [-0.3, -0.25) is 0 Å². The number of carbonyl (C=O) groups excluding carboxylic acids is 1. The third-order valence-electron chi connectivity index (χ3n) is 20.7. The number of carboxylic acids is 1. The standard InChI is InChI=1S/C53H84O22/c1-10-22(2)44(68)75-42-41(65)53(21-56)25(17-48(42,4)5)24-11-12-28-49(6)15-14-30(50(7,20-55)27(49)13-16-51(28,8)52(24,9)18-29(53)57)71-47-40(74-45-35(62)33(60)31(58)23(3)69-45)38(37(64)39(73-47)43(66)67)72-46-36(63)34(61)32(59)26(19-54)70-46/h10-11,23,25-42,45-47,54-65H,12-21H2,1-9H3,(H,66,67)/b22-10-/t23-,25-,26+,27+,28+,29+,30-,31-,32+,33+,34-,35+,36+,37-,38-,39-,40+,41-,42-,45-,46-,47+,49-,50+,51+,52+,53-/m0/s1. The summed E-state index contributed by atoms with van der Waals surface area (Å²) in [6.45, 7) is 15.3. The van der Waals surface area contributed by atoms with Gasteiger partial charge in [0, 0.05) is 16.4 Å². The van der Waals surface area contributed by atoms with Crippen LogP contribution in [0.15, 0.2) is 23.3 Å². The van der Waals surface area contributed by atoms with E-state index in [1.807, 2.05) is 20.8 Å². The largest absolute Gasteiger partial charge is 0.479 e. The molecule has 5 aliphatic carbocycles. The monoisotopic (exact) mass is 1070 g/mol. The molecule has 13 N–H and O–H groups in total. The lowest BCUT2D eigenvalue weighted by molar-refractivity contribution is -0.395. The first-order chi connectivity index (χ1) is 35.0. The third-order valence-corrected chi connectivity index (χ3v) is 20.7.